The molecular weight excluding hydrogens is 190 g/mol. The Bertz CT molecular complexity index is 336. The minimum Gasteiger partial charge on any atom is -0.313 e. The van der Waals surface area contributed by atoms with Crippen LogP contribution in [0.1, 0.15) is 0 Å². The molecule has 0 bridgehead atoms. The van der Waals surface area contributed by atoms with Gasteiger partial charge in [0.25, 0.3) is 10.2 Å². The SMILES string of the molecule is NS(=O)(=O)N1CC2=CCNCC2C1. The number of hydrogen-bond donors (Lipinski definition) is 2. The summed E-state index contributed by atoms with van der Waals surface area (Å²) in [4.78, 5) is 0. The number of nitrogens with two attached hydrogens (primary N) is 1. The molecule has 6 heteroatoms. The molecule has 0 aromatic carbocycles. The monoisotopic (exact) mass is 203 g/mol. The van der Waals surface area contributed by atoms with E-state index >= 15 is 0 Å². The second kappa shape index (κ2) is 3.06. The van der Waals surface area contributed by atoms with Gasteiger partial charge in [-0.3, -0.25) is 0 Å². The first kappa shape index (κ1) is 9.14. The van der Waals surface area contributed by atoms with Gasteiger partial charge in [-0.25, -0.2) is 5.14 Å². The summed E-state index contributed by atoms with van der Waals surface area (Å²) < 4.78 is 23.4. The number of rotatable bonds is 1. The van der Waals surface area contributed by atoms with E-state index in [-0.39, 0.29) is 0 Å². The zero-order valence-electron chi connectivity index (χ0n) is 7.23. The van der Waals surface area contributed by atoms with Crippen molar-refractivity contribution >= 4 is 10.2 Å². The zero-order chi connectivity index (χ0) is 9.47. The third-order valence-electron chi connectivity index (χ3n) is 2.57. The molecule has 2 aliphatic heterocycles. The highest BCUT2D eigenvalue weighted by Crippen LogP contribution is 2.24. The van der Waals surface area contributed by atoms with Crippen LogP contribution in [-0.4, -0.2) is 38.9 Å². The fourth-order valence-corrected chi connectivity index (χ4v) is 2.56. The van der Waals surface area contributed by atoms with E-state index in [4.69, 9.17) is 5.14 Å². The maximum absolute atomic E-state index is 11.0. The average molecular weight is 203 g/mol. The normalized spacial score (nSPS) is 29.9. The van der Waals surface area contributed by atoms with Crippen molar-refractivity contribution in [3.63, 3.8) is 0 Å². The fraction of sp³-hybridized carbons (Fsp3) is 0.714. The molecule has 2 aliphatic rings. The van der Waals surface area contributed by atoms with E-state index in [0.29, 0.717) is 19.0 Å². The van der Waals surface area contributed by atoms with Crippen molar-refractivity contribution < 1.29 is 8.42 Å². The van der Waals surface area contributed by atoms with Crippen molar-refractivity contribution in [3.8, 4) is 0 Å². The second-order valence-corrected chi connectivity index (χ2v) is 5.02. The van der Waals surface area contributed by atoms with E-state index in [9.17, 15) is 8.42 Å². The van der Waals surface area contributed by atoms with Gasteiger partial charge in [0.15, 0.2) is 0 Å². The third kappa shape index (κ3) is 1.76. The Labute approximate surface area is 77.8 Å². The van der Waals surface area contributed by atoms with E-state index in [1.54, 1.807) is 0 Å². The number of hydrogen-bond acceptors (Lipinski definition) is 3. The summed E-state index contributed by atoms with van der Waals surface area (Å²) >= 11 is 0. The minimum atomic E-state index is -3.50. The van der Waals surface area contributed by atoms with Crippen molar-refractivity contribution in [3.05, 3.63) is 11.6 Å². The summed E-state index contributed by atoms with van der Waals surface area (Å²) in [5, 5.41) is 8.23. The first-order valence-corrected chi connectivity index (χ1v) is 5.75. The van der Waals surface area contributed by atoms with Crippen molar-refractivity contribution in [2.24, 2.45) is 11.1 Å². The van der Waals surface area contributed by atoms with Crippen LogP contribution in [0.2, 0.25) is 0 Å². The predicted octanol–water partition coefficient (Wildman–Crippen LogP) is -1.35. The Morgan fingerprint density at radius 1 is 1.62 bits per heavy atom. The van der Waals surface area contributed by atoms with Crippen LogP contribution in [0.25, 0.3) is 0 Å². The van der Waals surface area contributed by atoms with Crippen molar-refractivity contribution in [2.75, 3.05) is 26.2 Å². The average Bonchev–Trinajstić information content (AvgIpc) is 2.45. The van der Waals surface area contributed by atoms with Crippen LogP contribution in [0.3, 0.4) is 0 Å². The maximum atomic E-state index is 11.0. The van der Waals surface area contributed by atoms with E-state index in [1.807, 2.05) is 0 Å². The van der Waals surface area contributed by atoms with Gasteiger partial charge in [0.1, 0.15) is 0 Å². The molecule has 2 heterocycles. The van der Waals surface area contributed by atoms with Gasteiger partial charge >= 0.3 is 0 Å². The Kier molecular flexibility index (Phi) is 2.15. The highest BCUT2D eigenvalue weighted by Gasteiger charge is 2.33. The molecule has 13 heavy (non-hydrogen) atoms. The molecule has 1 fully saturated rings. The highest BCUT2D eigenvalue weighted by molar-refractivity contribution is 7.86. The summed E-state index contributed by atoms with van der Waals surface area (Å²) in [6, 6.07) is 0. The molecule has 0 amide bonds. The number of nitrogens with zero attached hydrogens (tertiary/aromatic N) is 1. The topological polar surface area (TPSA) is 75.4 Å². The van der Waals surface area contributed by atoms with Gasteiger partial charge in [-0.1, -0.05) is 11.6 Å². The molecule has 3 N–H and O–H groups in total. The van der Waals surface area contributed by atoms with Crippen LogP contribution in [0.5, 0.6) is 0 Å². The lowest BCUT2D eigenvalue weighted by atomic mass is 10.0. The second-order valence-electron chi connectivity index (χ2n) is 3.47. The largest absolute Gasteiger partial charge is 0.313 e. The standard InChI is InChI=1S/C7H13N3O2S/c8-13(11,12)10-4-6-1-2-9-3-7(6)5-10/h1,7,9H,2-5H2,(H2,8,11,12). The Morgan fingerprint density at radius 2 is 2.38 bits per heavy atom. The van der Waals surface area contributed by atoms with Crippen LogP contribution >= 0.6 is 0 Å². The van der Waals surface area contributed by atoms with E-state index < -0.39 is 10.2 Å². The molecule has 0 aromatic rings. The lowest BCUT2D eigenvalue weighted by Crippen LogP contribution is -2.35. The molecule has 0 radical (unpaired) electrons. The fourth-order valence-electron chi connectivity index (χ4n) is 1.84. The zero-order valence-corrected chi connectivity index (χ0v) is 8.05. The van der Waals surface area contributed by atoms with Gasteiger partial charge in [0, 0.05) is 32.1 Å². The Hall–Kier alpha value is -0.430. The van der Waals surface area contributed by atoms with Crippen LogP contribution < -0.4 is 10.5 Å². The lowest BCUT2D eigenvalue weighted by molar-refractivity contribution is 0.450. The molecule has 0 saturated carbocycles. The summed E-state index contributed by atoms with van der Waals surface area (Å²) in [6.07, 6.45) is 2.05. The van der Waals surface area contributed by atoms with E-state index in [0.717, 1.165) is 13.1 Å². The van der Waals surface area contributed by atoms with Crippen molar-refractivity contribution in [1.29, 1.82) is 0 Å². The lowest BCUT2D eigenvalue weighted by Gasteiger charge is -2.16. The summed E-state index contributed by atoms with van der Waals surface area (Å²) in [5.74, 6) is 0.326. The van der Waals surface area contributed by atoms with Gasteiger partial charge < -0.3 is 5.32 Å². The quantitative estimate of drug-likeness (QED) is 0.517. The summed E-state index contributed by atoms with van der Waals surface area (Å²) in [5.41, 5.74) is 1.20. The molecular formula is C7H13N3O2S. The van der Waals surface area contributed by atoms with Crippen LogP contribution in [-0.2, 0) is 10.2 Å². The first-order valence-electron chi connectivity index (χ1n) is 4.25. The van der Waals surface area contributed by atoms with Gasteiger partial charge in [-0.15, -0.1) is 0 Å². The van der Waals surface area contributed by atoms with Gasteiger partial charge in [-0.05, 0) is 0 Å². The Morgan fingerprint density at radius 3 is 3.00 bits per heavy atom. The number of nitrogens with one attached hydrogen (secondary N) is 1. The van der Waals surface area contributed by atoms with E-state index in [1.165, 1.54) is 9.88 Å². The minimum absolute atomic E-state index is 0.326. The molecule has 74 valence electrons. The first-order chi connectivity index (χ1) is 6.07. The molecule has 1 atom stereocenters. The highest BCUT2D eigenvalue weighted by atomic mass is 32.2. The van der Waals surface area contributed by atoms with Gasteiger partial charge in [0.2, 0.25) is 0 Å². The molecule has 0 aromatic heterocycles. The summed E-state index contributed by atoms with van der Waals surface area (Å²) in [7, 11) is -3.50. The molecule has 1 unspecified atom stereocenters. The van der Waals surface area contributed by atoms with E-state index in [2.05, 4.69) is 11.4 Å². The van der Waals surface area contributed by atoms with Crippen molar-refractivity contribution in [2.45, 2.75) is 0 Å². The predicted molar refractivity (Wildman–Crippen MR) is 49.1 cm³/mol. The molecule has 0 spiro atoms. The molecule has 1 saturated heterocycles. The smallest absolute Gasteiger partial charge is 0.277 e. The molecule has 5 nitrogen and oxygen atoms in total. The third-order valence-corrected chi connectivity index (χ3v) is 3.56. The van der Waals surface area contributed by atoms with Crippen molar-refractivity contribution in [1.82, 2.24) is 9.62 Å². The Balaban J connectivity index is 2.17. The molecule has 2 rings (SSSR count). The summed E-state index contributed by atoms with van der Waals surface area (Å²) in [6.45, 7) is 2.70. The van der Waals surface area contributed by atoms with Crippen LogP contribution in [0.4, 0.5) is 0 Å². The van der Waals surface area contributed by atoms with Gasteiger partial charge in [0.05, 0.1) is 0 Å². The number of fused-ring (bicyclic) bond motifs is 1. The van der Waals surface area contributed by atoms with Gasteiger partial charge in [-0.2, -0.15) is 12.7 Å². The maximum Gasteiger partial charge on any atom is 0.277 e. The molecule has 0 aliphatic carbocycles. The van der Waals surface area contributed by atoms with Crippen LogP contribution in [0, 0.1) is 5.92 Å². The van der Waals surface area contributed by atoms with Crippen LogP contribution in [0.15, 0.2) is 11.6 Å².